The lowest BCUT2D eigenvalue weighted by atomic mass is 9.96. The van der Waals surface area contributed by atoms with Gasteiger partial charge in [-0.2, -0.15) is 0 Å². The van der Waals surface area contributed by atoms with Gasteiger partial charge < -0.3 is 35.1 Å². The molecular formula is C18H22N4O5S2. The largest absolute Gasteiger partial charge is 0.477 e. The first-order valence-electron chi connectivity index (χ1n) is 8.82. The van der Waals surface area contributed by atoms with E-state index < -0.39 is 30.6 Å². The number of fused-ring (bicyclic) bond motifs is 1. The fourth-order valence-electron chi connectivity index (χ4n) is 3.20. The molecule has 0 amide bonds. The third-order valence-electron chi connectivity index (χ3n) is 4.62. The van der Waals surface area contributed by atoms with Gasteiger partial charge in [-0.3, -0.25) is 0 Å². The average molecular weight is 439 g/mol. The minimum atomic E-state index is -1.69. The molecule has 3 rings (SSSR count). The van der Waals surface area contributed by atoms with Gasteiger partial charge in [0.2, 0.25) is 5.05 Å². The number of anilines is 1. The third-order valence-corrected chi connectivity index (χ3v) is 5.39. The zero-order valence-corrected chi connectivity index (χ0v) is 17.8. The first kappa shape index (κ1) is 21.8. The van der Waals surface area contributed by atoms with E-state index in [2.05, 4.69) is 21.8 Å². The SMILES string of the molecule is CCOC(=S)C#Cc1cn(C2O[C@H](CO)[C@@H](O)[C@]2(C)O)c2nc(SC)nc(N)c12. The van der Waals surface area contributed by atoms with Gasteiger partial charge in [-0.25, -0.2) is 9.97 Å². The number of thioether (sulfide) groups is 1. The van der Waals surface area contributed by atoms with Crippen molar-refractivity contribution >= 4 is 45.9 Å². The number of aromatic nitrogens is 3. The highest BCUT2D eigenvalue weighted by Gasteiger charge is 2.53. The Kier molecular flexibility index (Phi) is 6.33. The minimum Gasteiger partial charge on any atom is -0.477 e. The Labute approximate surface area is 177 Å². The lowest BCUT2D eigenvalue weighted by Crippen LogP contribution is -2.44. The van der Waals surface area contributed by atoms with Crippen molar-refractivity contribution in [3.8, 4) is 11.8 Å². The zero-order valence-electron chi connectivity index (χ0n) is 16.1. The van der Waals surface area contributed by atoms with Gasteiger partial charge in [0.25, 0.3) is 0 Å². The van der Waals surface area contributed by atoms with Crippen molar-refractivity contribution in [2.24, 2.45) is 0 Å². The molecule has 2 aromatic heterocycles. The molecule has 1 fully saturated rings. The lowest BCUT2D eigenvalue weighted by Gasteiger charge is -2.27. The highest BCUT2D eigenvalue weighted by Crippen LogP contribution is 2.41. The number of nitrogens with two attached hydrogens (primary N) is 1. The van der Waals surface area contributed by atoms with Gasteiger partial charge in [0.05, 0.1) is 24.2 Å². The van der Waals surface area contributed by atoms with Gasteiger partial charge in [-0.15, -0.1) is 0 Å². The molecule has 0 spiro atoms. The molecule has 0 aromatic carbocycles. The predicted molar refractivity (Wildman–Crippen MR) is 112 cm³/mol. The molecule has 1 unspecified atom stereocenters. The van der Waals surface area contributed by atoms with Gasteiger partial charge in [-0.1, -0.05) is 17.7 Å². The highest BCUT2D eigenvalue weighted by molar-refractivity contribution is 7.98. The molecule has 1 aliphatic rings. The summed E-state index contributed by atoms with van der Waals surface area (Å²) in [5, 5.41) is 31.7. The van der Waals surface area contributed by atoms with E-state index in [4.69, 9.17) is 27.4 Å². The summed E-state index contributed by atoms with van der Waals surface area (Å²) >= 11 is 6.35. The van der Waals surface area contributed by atoms with Crippen LogP contribution < -0.4 is 5.73 Å². The number of nitrogen functional groups attached to an aromatic ring is 1. The molecule has 1 aliphatic heterocycles. The van der Waals surface area contributed by atoms with E-state index >= 15 is 0 Å². The standard InChI is InChI=1S/C18H22N4O5S2/c1-4-26-11(28)6-5-9-7-22(15-12(9)14(19)20-17(21-15)29-3)16-18(2,25)13(24)10(8-23)27-16/h7,10,13,16,23-25H,4,8H2,1-3H3,(H2,19,20,21)/t10-,13-,16?,18+/m1/s1. The molecule has 0 radical (unpaired) electrons. The summed E-state index contributed by atoms with van der Waals surface area (Å²) in [6.07, 6.45) is 0.132. The smallest absolute Gasteiger partial charge is 0.237 e. The van der Waals surface area contributed by atoms with Gasteiger partial charge >= 0.3 is 0 Å². The van der Waals surface area contributed by atoms with E-state index in [9.17, 15) is 15.3 Å². The molecule has 1 saturated heterocycles. The van der Waals surface area contributed by atoms with Crippen LogP contribution in [0.2, 0.25) is 0 Å². The summed E-state index contributed by atoms with van der Waals surface area (Å²) in [5.74, 6) is 5.85. The predicted octanol–water partition coefficient (Wildman–Crippen LogP) is 0.452. The van der Waals surface area contributed by atoms with Crippen molar-refractivity contribution in [1.82, 2.24) is 14.5 Å². The van der Waals surface area contributed by atoms with Crippen molar-refractivity contribution in [3.63, 3.8) is 0 Å². The van der Waals surface area contributed by atoms with Crippen LogP contribution in [0.4, 0.5) is 5.82 Å². The molecule has 0 bridgehead atoms. The van der Waals surface area contributed by atoms with Crippen molar-refractivity contribution in [2.75, 3.05) is 25.2 Å². The number of rotatable bonds is 4. The van der Waals surface area contributed by atoms with Crippen LogP contribution in [0.1, 0.15) is 25.6 Å². The molecule has 2 aromatic rings. The highest BCUT2D eigenvalue weighted by atomic mass is 32.2. The molecule has 5 N–H and O–H groups in total. The molecule has 9 nitrogen and oxygen atoms in total. The first-order chi connectivity index (χ1) is 13.7. The van der Waals surface area contributed by atoms with Crippen LogP contribution in [0.5, 0.6) is 0 Å². The number of ether oxygens (including phenoxy) is 2. The van der Waals surface area contributed by atoms with Gasteiger partial charge in [0.1, 0.15) is 29.3 Å². The van der Waals surface area contributed by atoms with E-state index in [-0.39, 0.29) is 10.9 Å². The summed E-state index contributed by atoms with van der Waals surface area (Å²) < 4.78 is 12.5. The van der Waals surface area contributed by atoms with Crippen LogP contribution in [-0.4, -0.2) is 72.2 Å². The molecule has 11 heteroatoms. The quantitative estimate of drug-likeness (QED) is 0.231. The molecule has 29 heavy (non-hydrogen) atoms. The second-order valence-electron chi connectivity index (χ2n) is 6.59. The van der Waals surface area contributed by atoms with E-state index in [0.717, 1.165) is 0 Å². The van der Waals surface area contributed by atoms with Crippen molar-refractivity contribution in [2.45, 2.75) is 43.0 Å². The summed E-state index contributed by atoms with van der Waals surface area (Å²) in [6, 6.07) is 0. The molecule has 4 atom stereocenters. The summed E-state index contributed by atoms with van der Waals surface area (Å²) in [7, 11) is 0. The zero-order chi connectivity index (χ0) is 21.3. The van der Waals surface area contributed by atoms with Gasteiger partial charge in [0.15, 0.2) is 11.4 Å². The number of thiocarbonyl (C=S) groups is 1. The molecular weight excluding hydrogens is 416 g/mol. The second kappa shape index (κ2) is 8.43. The monoisotopic (exact) mass is 438 g/mol. The molecule has 0 aliphatic carbocycles. The Hall–Kier alpha value is -1.94. The van der Waals surface area contributed by atoms with Crippen LogP contribution in [0.25, 0.3) is 11.0 Å². The molecule has 0 saturated carbocycles. The van der Waals surface area contributed by atoms with Crippen molar-refractivity contribution in [3.05, 3.63) is 11.8 Å². The maximum absolute atomic E-state index is 10.9. The van der Waals surface area contributed by atoms with Crippen LogP contribution in [0, 0.1) is 11.8 Å². The number of hydrogen-bond acceptors (Lipinski definition) is 10. The Balaban J connectivity index is 2.19. The number of aliphatic hydroxyl groups is 3. The molecule has 3 heterocycles. The number of nitrogens with zero attached hydrogens (tertiary/aromatic N) is 3. The van der Waals surface area contributed by atoms with Crippen LogP contribution in [-0.2, 0) is 9.47 Å². The minimum absolute atomic E-state index is 0.133. The van der Waals surface area contributed by atoms with Crippen molar-refractivity contribution < 1.29 is 24.8 Å². The number of aliphatic hydroxyl groups excluding tert-OH is 2. The maximum Gasteiger partial charge on any atom is 0.237 e. The van der Waals surface area contributed by atoms with E-state index in [1.54, 1.807) is 17.7 Å². The lowest BCUT2D eigenvalue weighted by molar-refractivity contribution is -0.0948. The van der Waals surface area contributed by atoms with E-state index in [1.807, 2.05) is 6.26 Å². The Morgan fingerprint density at radius 2 is 2.24 bits per heavy atom. The Bertz CT molecular complexity index is 998. The van der Waals surface area contributed by atoms with E-state index in [1.165, 1.54) is 18.7 Å². The Morgan fingerprint density at radius 1 is 1.52 bits per heavy atom. The van der Waals surface area contributed by atoms with Gasteiger partial charge in [0, 0.05) is 6.20 Å². The second-order valence-corrected chi connectivity index (χ2v) is 7.74. The van der Waals surface area contributed by atoms with Crippen LogP contribution in [0.3, 0.4) is 0 Å². The first-order valence-corrected chi connectivity index (χ1v) is 10.4. The Morgan fingerprint density at radius 3 is 2.83 bits per heavy atom. The topological polar surface area (TPSA) is 136 Å². The van der Waals surface area contributed by atoms with Crippen molar-refractivity contribution in [1.29, 1.82) is 0 Å². The third kappa shape index (κ3) is 3.92. The number of hydrogen-bond donors (Lipinski definition) is 4. The van der Waals surface area contributed by atoms with Gasteiger partial charge in [-0.05, 0) is 38.2 Å². The summed E-state index contributed by atoms with van der Waals surface area (Å²) in [6.45, 7) is 3.18. The van der Waals surface area contributed by atoms with E-state index in [0.29, 0.717) is 28.4 Å². The molecule has 156 valence electrons. The van der Waals surface area contributed by atoms with Crippen LogP contribution >= 0.6 is 24.0 Å². The summed E-state index contributed by atoms with van der Waals surface area (Å²) in [4.78, 5) is 8.75. The average Bonchev–Trinajstić information content (AvgIpc) is 3.15. The fraction of sp³-hybridized carbons (Fsp3) is 0.500. The fourth-order valence-corrected chi connectivity index (χ4v) is 3.73. The maximum atomic E-state index is 10.9. The normalized spacial score (nSPS) is 26.3. The van der Waals surface area contributed by atoms with Crippen LogP contribution in [0.15, 0.2) is 11.4 Å². The summed E-state index contributed by atoms with van der Waals surface area (Å²) in [5.41, 5.74) is 5.31.